The van der Waals surface area contributed by atoms with Gasteiger partial charge in [0, 0.05) is 32.3 Å². The highest BCUT2D eigenvalue weighted by Crippen LogP contribution is 2.19. The van der Waals surface area contributed by atoms with Gasteiger partial charge in [-0.2, -0.15) is 0 Å². The summed E-state index contributed by atoms with van der Waals surface area (Å²) >= 11 is 0. The van der Waals surface area contributed by atoms with Crippen LogP contribution in [0, 0.1) is 0 Å². The van der Waals surface area contributed by atoms with E-state index in [1.165, 1.54) is 0 Å². The molecule has 0 fully saturated rings. The summed E-state index contributed by atoms with van der Waals surface area (Å²) in [4.78, 5) is 8.85. The first kappa shape index (κ1) is 14.3. The van der Waals surface area contributed by atoms with Crippen LogP contribution in [0.1, 0.15) is 18.3 Å². The lowest BCUT2D eigenvalue weighted by Crippen LogP contribution is -2.03. The number of aryl methyl sites for hydroxylation is 1. The van der Waals surface area contributed by atoms with Crippen molar-refractivity contribution in [1.82, 2.24) is 9.97 Å². The molecular weight excluding hydrogens is 252 g/mol. The molecule has 0 bridgehead atoms. The molecule has 0 amide bonds. The number of hydrogen-bond acceptors (Lipinski definition) is 5. The smallest absolute Gasteiger partial charge is 0.136 e. The van der Waals surface area contributed by atoms with Crippen LogP contribution in [-0.4, -0.2) is 24.1 Å². The van der Waals surface area contributed by atoms with E-state index in [0.29, 0.717) is 6.61 Å². The quantitative estimate of drug-likeness (QED) is 0.846. The number of hydrogen-bond donors (Lipinski definition) is 2. The molecule has 0 unspecified atom stereocenters. The predicted octanol–water partition coefficient (Wildman–Crippen LogP) is 2.97. The molecule has 1 aromatic heterocycles. The fourth-order valence-electron chi connectivity index (χ4n) is 1.90. The minimum Gasteiger partial charge on any atom is -0.380 e. The number of anilines is 3. The van der Waals surface area contributed by atoms with E-state index in [4.69, 9.17) is 4.74 Å². The van der Waals surface area contributed by atoms with Crippen LogP contribution in [0.4, 0.5) is 17.3 Å². The van der Waals surface area contributed by atoms with Crippen molar-refractivity contribution in [2.45, 2.75) is 20.0 Å². The Bertz CT molecular complexity index is 549. The van der Waals surface area contributed by atoms with E-state index in [0.717, 1.165) is 35.1 Å². The van der Waals surface area contributed by atoms with Crippen molar-refractivity contribution >= 4 is 17.3 Å². The second kappa shape index (κ2) is 6.86. The molecular formula is C15H20N4O. The zero-order valence-electron chi connectivity index (χ0n) is 12.1. The third-order valence-corrected chi connectivity index (χ3v) is 2.86. The zero-order valence-corrected chi connectivity index (χ0v) is 12.1. The molecule has 0 aliphatic heterocycles. The third kappa shape index (κ3) is 3.68. The van der Waals surface area contributed by atoms with Crippen molar-refractivity contribution < 1.29 is 4.74 Å². The van der Waals surface area contributed by atoms with Crippen molar-refractivity contribution in [2.75, 3.05) is 24.8 Å². The Morgan fingerprint density at radius 2 is 1.95 bits per heavy atom. The number of benzene rings is 1. The summed E-state index contributed by atoms with van der Waals surface area (Å²) in [6.45, 7) is 2.64. The van der Waals surface area contributed by atoms with Gasteiger partial charge in [-0.1, -0.05) is 19.1 Å². The highest BCUT2D eigenvalue weighted by atomic mass is 16.5. The van der Waals surface area contributed by atoms with Gasteiger partial charge in [0.05, 0.1) is 6.61 Å². The Morgan fingerprint density at radius 1 is 1.15 bits per heavy atom. The molecule has 0 saturated carbocycles. The minimum atomic E-state index is 0.598. The lowest BCUT2D eigenvalue weighted by Gasteiger charge is -2.10. The molecule has 0 spiro atoms. The van der Waals surface area contributed by atoms with Crippen molar-refractivity contribution in [3.63, 3.8) is 0 Å². The molecule has 0 saturated heterocycles. The van der Waals surface area contributed by atoms with Crippen LogP contribution in [0.15, 0.2) is 30.3 Å². The van der Waals surface area contributed by atoms with Crippen LogP contribution >= 0.6 is 0 Å². The van der Waals surface area contributed by atoms with Crippen LogP contribution in [0.5, 0.6) is 0 Å². The minimum absolute atomic E-state index is 0.598. The van der Waals surface area contributed by atoms with Crippen molar-refractivity contribution in [3.05, 3.63) is 41.7 Å². The van der Waals surface area contributed by atoms with Crippen LogP contribution in [0.2, 0.25) is 0 Å². The fourth-order valence-corrected chi connectivity index (χ4v) is 1.90. The molecule has 0 aliphatic carbocycles. The number of rotatable bonds is 6. The van der Waals surface area contributed by atoms with Crippen LogP contribution in [-0.2, 0) is 17.8 Å². The van der Waals surface area contributed by atoms with Crippen LogP contribution in [0.3, 0.4) is 0 Å². The average molecular weight is 272 g/mol. The average Bonchev–Trinajstić information content (AvgIpc) is 2.47. The van der Waals surface area contributed by atoms with Gasteiger partial charge in [0.1, 0.15) is 17.5 Å². The number of nitrogens with zero attached hydrogens (tertiary/aromatic N) is 2. The van der Waals surface area contributed by atoms with Crippen LogP contribution in [0.25, 0.3) is 0 Å². The summed E-state index contributed by atoms with van der Waals surface area (Å²) in [7, 11) is 3.54. The molecule has 0 atom stereocenters. The van der Waals surface area contributed by atoms with Gasteiger partial charge in [0.25, 0.3) is 0 Å². The van der Waals surface area contributed by atoms with E-state index in [1.54, 1.807) is 7.11 Å². The standard InChI is InChI=1S/C15H20N4O/c1-4-13-18-14(16-2)9-15(19-13)17-12-7-5-6-11(8-12)10-20-3/h5-9H,4,10H2,1-3H3,(H2,16,17,18,19). The molecule has 2 N–H and O–H groups in total. The van der Waals surface area contributed by atoms with Crippen LogP contribution < -0.4 is 10.6 Å². The summed E-state index contributed by atoms with van der Waals surface area (Å²) in [5, 5.41) is 6.35. The molecule has 20 heavy (non-hydrogen) atoms. The molecule has 0 radical (unpaired) electrons. The lowest BCUT2D eigenvalue weighted by atomic mass is 10.2. The number of nitrogens with one attached hydrogen (secondary N) is 2. The zero-order chi connectivity index (χ0) is 14.4. The molecule has 1 heterocycles. The van der Waals surface area contributed by atoms with E-state index in [2.05, 4.69) is 26.7 Å². The Labute approximate surface area is 119 Å². The van der Waals surface area contributed by atoms with E-state index < -0.39 is 0 Å². The first-order valence-corrected chi connectivity index (χ1v) is 6.65. The molecule has 0 aliphatic rings. The summed E-state index contributed by atoms with van der Waals surface area (Å²) in [6, 6.07) is 9.98. The number of ether oxygens (including phenoxy) is 1. The van der Waals surface area contributed by atoms with E-state index in [9.17, 15) is 0 Å². The van der Waals surface area contributed by atoms with Crippen molar-refractivity contribution in [1.29, 1.82) is 0 Å². The maximum absolute atomic E-state index is 5.14. The SMILES string of the molecule is CCc1nc(NC)cc(Nc2cccc(COC)c2)n1. The first-order valence-electron chi connectivity index (χ1n) is 6.65. The number of aromatic nitrogens is 2. The van der Waals surface area contributed by atoms with Crippen molar-refractivity contribution in [3.8, 4) is 0 Å². The molecule has 5 heteroatoms. The van der Waals surface area contributed by atoms with E-state index in [-0.39, 0.29) is 0 Å². The summed E-state index contributed by atoms with van der Waals surface area (Å²) < 4.78 is 5.14. The van der Waals surface area contributed by atoms with Gasteiger partial charge in [-0.05, 0) is 17.7 Å². The molecule has 2 aromatic rings. The third-order valence-electron chi connectivity index (χ3n) is 2.86. The summed E-state index contributed by atoms with van der Waals surface area (Å²) in [6.07, 6.45) is 0.800. The van der Waals surface area contributed by atoms with Gasteiger partial charge >= 0.3 is 0 Å². The second-order valence-electron chi connectivity index (χ2n) is 4.42. The number of methoxy groups -OCH3 is 1. The monoisotopic (exact) mass is 272 g/mol. The molecule has 106 valence electrons. The topological polar surface area (TPSA) is 59.1 Å². The van der Waals surface area contributed by atoms with E-state index >= 15 is 0 Å². The maximum atomic E-state index is 5.14. The molecule has 2 rings (SSSR count). The largest absolute Gasteiger partial charge is 0.380 e. The van der Waals surface area contributed by atoms with Gasteiger partial charge in [-0.15, -0.1) is 0 Å². The van der Waals surface area contributed by atoms with Crippen molar-refractivity contribution in [2.24, 2.45) is 0 Å². The van der Waals surface area contributed by atoms with Gasteiger partial charge in [-0.3, -0.25) is 0 Å². The molecule has 1 aromatic carbocycles. The van der Waals surface area contributed by atoms with E-state index in [1.807, 2.05) is 38.2 Å². The second-order valence-corrected chi connectivity index (χ2v) is 4.42. The Kier molecular flexibility index (Phi) is 4.90. The first-order chi connectivity index (χ1) is 9.75. The highest BCUT2D eigenvalue weighted by Gasteiger charge is 2.03. The fraction of sp³-hybridized carbons (Fsp3) is 0.333. The van der Waals surface area contributed by atoms with Gasteiger partial charge in [0.15, 0.2) is 0 Å². The maximum Gasteiger partial charge on any atom is 0.136 e. The summed E-state index contributed by atoms with van der Waals surface area (Å²) in [5.74, 6) is 2.41. The Hall–Kier alpha value is -2.14. The predicted molar refractivity (Wildman–Crippen MR) is 81.4 cm³/mol. The lowest BCUT2D eigenvalue weighted by molar-refractivity contribution is 0.185. The van der Waals surface area contributed by atoms with Gasteiger partial charge in [0.2, 0.25) is 0 Å². The Morgan fingerprint density at radius 3 is 2.65 bits per heavy atom. The summed E-state index contributed by atoms with van der Waals surface area (Å²) in [5.41, 5.74) is 2.11. The van der Waals surface area contributed by atoms with Gasteiger partial charge < -0.3 is 15.4 Å². The normalized spacial score (nSPS) is 10.3. The molecule has 5 nitrogen and oxygen atoms in total. The Balaban J connectivity index is 2.22. The van der Waals surface area contributed by atoms with Gasteiger partial charge in [-0.25, -0.2) is 9.97 Å². The highest BCUT2D eigenvalue weighted by molar-refractivity contribution is 5.59.